The number of carbonyl (C=O) groups excluding carboxylic acids is 2. The van der Waals surface area contributed by atoms with Gasteiger partial charge >= 0.3 is 7.60 Å². The number of carbonyl (C=O) groups is 2. The van der Waals surface area contributed by atoms with Crippen LogP contribution in [0.4, 0.5) is 0 Å². The third-order valence-electron chi connectivity index (χ3n) is 6.21. The summed E-state index contributed by atoms with van der Waals surface area (Å²) in [4.78, 5) is 49.6. The van der Waals surface area contributed by atoms with E-state index in [-0.39, 0.29) is 41.4 Å². The highest BCUT2D eigenvalue weighted by atomic mass is 32.2. The second-order valence-corrected chi connectivity index (χ2v) is 11.8. The summed E-state index contributed by atoms with van der Waals surface area (Å²) < 4.78 is 18.2. The van der Waals surface area contributed by atoms with Gasteiger partial charge in [0, 0.05) is 23.6 Å². The van der Waals surface area contributed by atoms with Gasteiger partial charge in [-0.2, -0.15) is 0 Å². The summed E-state index contributed by atoms with van der Waals surface area (Å²) in [5.74, 6) is -0.854. The summed E-state index contributed by atoms with van der Waals surface area (Å²) in [6, 6.07) is 12.3. The zero-order valence-electron chi connectivity index (χ0n) is 21.7. The van der Waals surface area contributed by atoms with Gasteiger partial charge in [-0.15, -0.1) is 11.8 Å². The zero-order chi connectivity index (χ0) is 27.9. The first-order chi connectivity index (χ1) is 18.0. The number of nitrogens with two attached hydrogens (primary N) is 1. The Labute approximate surface area is 226 Å². The number of nitrogens with zero attached hydrogens (tertiary/aromatic N) is 1. The van der Waals surface area contributed by atoms with Gasteiger partial charge in [0.25, 0.3) is 0 Å². The van der Waals surface area contributed by atoms with Crippen LogP contribution in [0.5, 0.6) is 0 Å². The van der Waals surface area contributed by atoms with Gasteiger partial charge in [0.05, 0.1) is 30.0 Å². The number of fused-ring (bicyclic) bond motifs is 1. The van der Waals surface area contributed by atoms with Gasteiger partial charge in [-0.3, -0.25) is 19.5 Å². The van der Waals surface area contributed by atoms with E-state index < -0.39 is 25.8 Å². The number of hydrogen-bond acceptors (Lipinski definition) is 6. The Morgan fingerprint density at radius 3 is 2.50 bits per heavy atom. The lowest BCUT2D eigenvalue weighted by Gasteiger charge is -2.37. The Bertz CT molecular complexity index is 1260. The molecule has 0 radical (unpaired) electrons. The monoisotopic (exact) mass is 562 g/mol. The number of rotatable bonds is 10. The van der Waals surface area contributed by atoms with Crippen LogP contribution in [-0.2, 0) is 18.9 Å². The van der Waals surface area contributed by atoms with Crippen LogP contribution in [0.25, 0.3) is 10.8 Å². The third kappa shape index (κ3) is 8.41. The van der Waals surface area contributed by atoms with E-state index in [9.17, 15) is 23.9 Å². The molecular weight excluding hydrogens is 527 g/mol. The van der Waals surface area contributed by atoms with E-state index in [1.54, 1.807) is 0 Å². The van der Waals surface area contributed by atoms with Crippen molar-refractivity contribution in [2.24, 2.45) is 10.7 Å². The van der Waals surface area contributed by atoms with Crippen molar-refractivity contribution in [3.63, 3.8) is 0 Å². The molecule has 0 bridgehead atoms. The summed E-state index contributed by atoms with van der Waals surface area (Å²) in [6.07, 6.45) is 1.57. The average molecular weight is 563 g/mol. The molecule has 12 heteroatoms. The second kappa shape index (κ2) is 13.4. The van der Waals surface area contributed by atoms with E-state index in [4.69, 9.17) is 10.5 Å². The smallest absolute Gasteiger partial charge is 0.352 e. The quantitative estimate of drug-likeness (QED) is 0.127. The number of nitrogens with one attached hydrogen (secondary N) is 2. The second-order valence-electron chi connectivity index (χ2n) is 9.10. The average Bonchev–Trinajstić information content (AvgIpc) is 2.86. The summed E-state index contributed by atoms with van der Waals surface area (Å²) in [5.41, 5.74) is 6.04. The molecule has 3 atom stereocenters. The molecule has 0 saturated heterocycles. The number of ether oxygens (including phenoxy) is 1. The molecule has 0 aromatic heterocycles. The van der Waals surface area contributed by atoms with Crippen molar-refractivity contribution in [3.05, 3.63) is 53.9 Å². The van der Waals surface area contributed by atoms with Crippen molar-refractivity contribution in [3.8, 4) is 0 Å². The molecule has 6 N–H and O–H groups in total. The van der Waals surface area contributed by atoms with Crippen LogP contribution in [0.2, 0.25) is 0 Å². The van der Waals surface area contributed by atoms with E-state index in [0.29, 0.717) is 12.8 Å². The van der Waals surface area contributed by atoms with Crippen LogP contribution in [0.15, 0.2) is 63.7 Å². The van der Waals surface area contributed by atoms with Gasteiger partial charge < -0.3 is 25.6 Å². The predicted octanol–water partition coefficient (Wildman–Crippen LogP) is 3.28. The predicted molar refractivity (Wildman–Crippen MR) is 150 cm³/mol. The molecule has 0 saturated carbocycles. The maximum absolute atomic E-state index is 12.6. The largest absolute Gasteiger partial charge is 0.370 e. The molecule has 0 aliphatic heterocycles. The van der Waals surface area contributed by atoms with E-state index in [1.165, 1.54) is 24.8 Å². The SMILES string of the molecule is CCC(CC)O[C@@H]1C=C(P(=O)(O)O)C[C@H](N=C(N)NC(=O)CSc2ccc3ccccc3c2)[C@H]1NC(C)=O. The van der Waals surface area contributed by atoms with Crippen molar-refractivity contribution in [2.75, 3.05) is 5.75 Å². The molecule has 1 aliphatic carbocycles. The molecule has 2 amide bonds. The number of guanidine groups is 1. The number of benzene rings is 2. The van der Waals surface area contributed by atoms with E-state index >= 15 is 0 Å². The molecule has 0 fully saturated rings. The summed E-state index contributed by atoms with van der Waals surface area (Å²) in [6.45, 7) is 5.22. The normalized spacial score (nSPS) is 20.3. The van der Waals surface area contributed by atoms with Crippen molar-refractivity contribution < 1.29 is 28.7 Å². The molecule has 3 rings (SSSR count). The summed E-state index contributed by atoms with van der Waals surface area (Å²) in [5, 5.41) is 7.36. The highest BCUT2D eigenvalue weighted by Gasteiger charge is 2.40. The lowest BCUT2D eigenvalue weighted by Crippen LogP contribution is -2.54. The van der Waals surface area contributed by atoms with Gasteiger partial charge in [-0.25, -0.2) is 4.99 Å². The minimum absolute atomic E-state index is 0.0857. The molecule has 1 aliphatic rings. The van der Waals surface area contributed by atoms with Gasteiger partial charge in [-0.1, -0.05) is 44.2 Å². The van der Waals surface area contributed by atoms with E-state index in [0.717, 1.165) is 15.7 Å². The van der Waals surface area contributed by atoms with Crippen LogP contribution in [0.1, 0.15) is 40.0 Å². The third-order valence-corrected chi connectivity index (χ3v) is 8.28. The lowest BCUT2D eigenvalue weighted by atomic mass is 9.93. The molecule has 2 aromatic rings. The van der Waals surface area contributed by atoms with Crippen molar-refractivity contribution in [1.29, 1.82) is 0 Å². The zero-order valence-corrected chi connectivity index (χ0v) is 23.4. The summed E-state index contributed by atoms with van der Waals surface area (Å²) >= 11 is 1.34. The Hall–Kier alpha value is -2.69. The Morgan fingerprint density at radius 1 is 1.18 bits per heavy atom. The molecule has 0 spiro atoms. The Morgan fingerprint density at radius 2 is 1.87 bits per heavy atom. The van der Waals surface area contributed by atoms with Crippen LogP contribution in [0, 0.1) is 0 Å². The fourth-order valence-electron chi connectivity index (χ4n) is 4.30. The van der Waals surface area contributed by atoms with Crippen LogP contribution < -0.4 is 16.4 Å². The molecular formula is C26H35N4O6PS. The lowest BCUT2D eigenvalue weighted by molar-refractivity contribution is -0.121. The summed E-state index contributed by atoms with van der Waals surface area (Å²) in [7, 11) is -4.60. The number of thioether (sulfide) groups is 1. The first-order valence-electron chi connectivity index (χ1n) is 12.4. The van der Waals surface area contributed by atoms with Crippen LogP contribution in [0.3, 0.4) is 0 Å². The van der Waals surface area contributed by atoms with E-state index in [1.807, 2.05) is 56.3 Å². The molecule has 0 unspecified atom stereocenters. The highest BCUT2D eigenvalue weighted by Crippen LogP contribution is 2.50. The number of aliphatic imine (C=N–C) groups is 1. The molecule has 206 valence electrons. The van der Waals surface area contributed by atoms with Crippen molar-refractivity contribution >= 4 is 47.9 Å². The van der Waals surface area contributed by atoms with E-state index in [2.05, 4.69) is 15.6 Å². The Balaban J connectivity index is 1.75. The minimum Gasteiger partial charge on any atom is -0.370 e. The molecule has 0 heterocycles. The topological polar surface area (TPSA) is 163 Å². The minimum atomic E-state index is -4.60. The molecule has 10 nitrogen and oxygen atoms in total. The van der Waals surface area contributed by atoms with Gasteiger partial charge in [0.2, 0.25) is 11.8 Å². The van der Waals surface area contributed by atoms with Crippen molar-refractivity contribution in [1.82, 2.24) is 10.6 Å². The first kappa shape index (κ1) is 29.9. The standard InChI is InChI=1S/C26H35N4O6PS/c1-4-19(5-2)36-23-14-20(37(33,34)35)13-22(25(23)28-16(3)31)29-26(27)30-24(32)15-38-21-11-10-17-8-6-7-9-18(17)12-21/h6-12,14,19,22-23,25H,4-5,13,15H2,1-3H3,(H,28,31)(H2,33,34,35)(H3,27,29,30,32)/t22-,23+,25+/m0/s1. The highest BCUT2D eigenvalue weighted by molar-refractivity contribution is 8.00. The van der Waals surface area contributed by atoms with Crippen molar-refractivity contribution in [2.45, 2.75) is 69.2 Å². The van der Waals surface area contributed by atoms with Gasteiger partial charge in [0.1, 0.15) is 0 Å². The number of hydrogen-bond donors (Lipinski definition) is 5. The van der Waals surface area contributed by atoms with Crippen LogP contribution in [-0.4, -0.2) is 57.6 Å². The molecule has 38 heavy (non-hydrogen) atoms. The number of amides is 2. The Kier molecular flexibility index (Phi) is 10.5. The first-order valence-corrected chi connectivity index (χ1v) is 15.0. The van der Waals surface area contributed by atoms with Crippen LogP contribution >= 0.6 is 19.4 Å². The maximum atomic E-state index is 12.6. The van der Waals surface area contributed by atoms with Gasteiger partial charge in [0.15, 0.2) is 5.96 Å². The molecule has 2 aromatic carbocycles. The van der Waals surface area contributed by atoms with Gasteiger partial charge in [-0.05, 0) is 41.8 Å². The fraction of sp³-hybridized carbons (Fsp3) is 0.423. The maximum Gasteiger partial charge on any atom is 0.352 e. The fourth-order valence-corrected chi connectivity index (χ4v) is 5.81.